The summed E-state index contributed by atoms with van der Waals surface area (Å²) in [6, 6.07) is 18.4. The molecule has 0 spiro atoms. The molecule has 38 heavy (non-hydrogen) atoms. The first-order valence-electron chi connectivity index (χ1n) is 12.0. The molecule has 0 radical (unpaired) electrons. The summed E-state index contributed by atoms with van der Waals surface area (Å²) in [6.45, 7) is 0.200. The highest BCUT2D eigenvalue weighted by Crippen LogP contribution is 2.41. The van der Waals surface area contributed by atoms with Crippen molar-refractivity contribution < 1.29 is 34.0 Å². The first-order chi connectivity index (χ1) is 18.4. The molecule has 1 heterocycles. The summed E-state index contributed by atoms with van der Waals surface area (Å²) in [5.74, 6) is -0.503. The third-order valence-corrected chi connectivity index (χ3v) is 6.40. The Balaban J connectivity index is 1.69. The Bertz CT molecular complexity index is 1390. The third-order valence-electron chi connectivity index (χ3n) is 6.40. The van der Waals surface area contributed by atoms with Crippen molar-refractivity contribution in [3.63, 3.8) is 0 Å². The smallest absolute Gasteiger partial charge is 0.290 e. The van der Waals surface area contributed by atoms with E-state index in [2.05, 4.69) is 0 Å². The summed E-state index contributed by atoms with van der Waals surface area (Å²) in [5.41, 5.74) is 2.15. The molecule has 3 aromatic rings. The number of ketones is 1. The first-order valence-corrected chi connectivity index (χ1v) is 12.0. The molecule has 0 unspecified atom stereocenters. The van der Waals surface area contributed by atoms with Gasteiger partial charge in [0.2, 0.25) is 0 Å². The van der Waals surface area contributed by atoms with E-state index in [0.717, 1.165) is 11.1 Å². The number of aliphatic hydroxyl groups excluding tert-OH is 1. The maximum absolute atomic E-state index is 13.4. The number of ether oxygens (including phenoxy) is 3. The Kier molecular flexibility index (Phi) is 8.01. The predicted molar refractivity (Wildman–Crippen MR) is 143 cm³/mol. The van der Waals surface area contributed by atoms with E-state index in [-0.39, 0.29) is 23.6 Å². The minimum absolute atomic E-state index is 0.0396. The molecule has 196 valence electrons. The summed E-state index contributed by atoms with van der Waals surface area (Å²) in [6.07, 6.45) is 3.40. The number of hydrogen-bond donors (Lipinski definition) is 2. The van der Waals surface area contributed by atoms with Gasteiger partial charge in [0, 0.05) is 6.54 Å². The molecular formula is C30H29NO7. The predicted octanol–water partition coefficient (Wildman–Crippen LogP) is 4.64. The number of benzene rings is 3. The number of phenols is 1. The topological polar surface area (TPSA) is 106 Å². The maximum atomic E-state index is 13.4. The summed E-state index contributed by atoms with van der Waals surface area (Å²) in [7, 11) is 4.51. The van der Waals surface area contributed by atoms with Crippen LogP contribution in [0, 0.1) is 0 Å². The summed E-state index contributed by atoms with van der Waals surface area (Å²) in [5, 5.41) is 21.0. The number of phenolic OH excluding ortho intramolecular Hbond substituents is 1. The van der Waals surface area contributed by atoms with Gasteiger partial charge in [-0.3, -0.25) is 9.59 Å². The van der Waals surface area contributed by atoms with Crippen LogP contribution in [0.4, 0.5) is 0 Å². The molecule has 0 bridgehead atoms. The van der Waals surface area contributed by atoms with Crippen LogP contribution in [0.15, 0.2) is 84.1 Å². The van der Waals surface area contributed by atoms with Crippen LogP contribution < -0.4 is 14.2 Å². The molecule has 8 nitrogen and oxygen atoms in total. The molecule has 3 aromatic carbocycles. The highest BCUT2D eigenvalue weighted by molar-refractivity contribution is 6.14. The van der Waals surface area contributed by atoms with Crippen molar-refractivity contribution in [1.82, 2.24) is 4.90 Å². The number of aliphatic hydroxyl groups is 1. The van der Waals surface area contributed by atoms with Gasteiger partial charge >= 0.3 is 0 Å². The number of carbonyl (C=O) groups excluding carboxylic acids is 2. The second kappa shape index (κ2) is 11.6. The van der Waals surface area contributed by atoms with Crippen molar-refractivity contribution in [2.45, 2.75) is 12.5 Å². The minimum Gasteiger partial charge on any atom is -0.504 e. The van der Waals surface area contributed by atoms with Crippen LogP contribution in [0.3, 0.4) is 0 Å². The number of aromatic hydroxyl groups is 1. The van der Waals surface area contributed by atoms with Gasteiger partial charge in [-0.05, 0) is 53.5 Å². The Morgan fingerprint density at radius 2 is 1.61 bits per heavy atom. The van der Waals surface area contributed by atoms with Crippen LogP contribution in [-0.2, 0) is 16.0 Å². The molecule has 2 N–H and O–H groups in total. The lowest BCUT2D eigenvalue weighted by Gasteiger charge is -2.27. The highest BCUT2D eigenvalue weighted by Gasteiger charge is 2.43. The fourth-order valence-corrected chi connectivity index (χ4v) is 4.46. The Hall–Kier alpha value is -4.72. The molecule has 0 saturated carbocycles. The summed E-state index contributed by atoms with van der Waals surface area (Å²) < 4.78 is 15.9. The van der Waals surface area contributed by atoms with E-state index in [4.69, 9.17) is 14.2 Å². The van der Waals surface area contributed by atoms with E-state index in [0.29, 0.717) is 23.5 Å². The molecule has 0 aliphatic carbocycles. The van der Waals surface area contributed by atoms with Gasteiger partial charge < -0.3 is 29.3 Å². The van der Waals surface area contributed by atoms with Crippen LogP contribution >= 0.6 is 0 Å². The Morgan fingerprint density at radius 1 is 0.895 bits per heavy atom. The first kappa shape index (κ1) is 26.3. The average Bonchev–Trinajstić information content (AvgIpc) is 3.20. The maximum Gasteiger partial charge on any atom is 0.290 e. The molecular weight excluding hydrogens is 486 g/mol. The van der Waals surface area contributed by atoms with Crippen LogP contribution in [0.2, 0.25) is 0 Å². The Labute approximate surface area is 221 Å². The van der Waals surface area contributed by atoms with E-state index in [9.17, 15) is 19.8 Å². The largest absolute Gasteiger partial charge is 0.504 e. The van der Waals surface area contributed by atoms with Gasteiger partial charge in [0.1, 0.15) is 0 Å². The van der Waals surface area contributed by atoms with E-state index < -0.39 is 23.5 Å². The molecule has 0 aromatic heterocycles. The lowest BCUT2D eigenvalue weighted by atomic mass is 9.95. The van der Waals surface area contributed by atoms with E-state index in [1.807, 2.05) is 42.5 Å². The van der Waals surface area contributed by atoms with Gasteiger partial charge in [-0.2, -0.15) is 0 Å². The second-order valence-corrected chi connectivity index (χ2v) is 8.64. The monoisotopic (exact) mass is 515 g/mol. The van der Waals surface area contributed by atoms with Crippen molar-refractivity contribution >= 4 is 17.8 Å². The van der Waals surface area contributed by atoms with Gasteiger partial charge in [0.25, 0.3) is 5.91 Å². The summed E-state index contributed by atoms with van der Waals surface area (Å²) in [4.78, 5) is 28.1. The van der Waals surface area contributed by atoms with E-state index >= 15 is 0 Å². The standard InChI is InChI=1S/C30H29NO7/c1-36-24-14-10-20(17-26(24)38-3)15-16-31-28(21-11-13-22(32)25(18-21)37-2)27(29(34)30(31)35)23(33)12-9-19-7-5-4-6-8-19/h4-14,17-18,28,32,34H,15-16H2,1-3H3/b12-9+/t28-/m0/s1. The van der Waals surface area contributed by atoms with Gasteiger partial charge in [0.15, 0.2) is 34.5 Å². The van der Waals surface area contributed by atoms with Crippen LogP contribution in [0.5, 0.6) is 23.0 Å². The summed E-state index contributed by atoms with van der Waals surface area (Å²) >= 11 is 0. The van der Waals surface area contributed by atoms with Crippen molar-refractivity contribution in [3.05, 3.63) is 101 Å². The number of hydrogen-bond acceptors (Lipinski definition) is 7. The van der Waals surface area contributed by atoms with Crippen LogP contribution in [0.1, 0.15) is 22.7 Å². The number of carbonyl (C=O) groups is 2. The fourth-order valence-electron chi connectivity index (χ4n) is 4.46. The average molecular weight is 516 g/mol. The SMILES string of the molecule is COc1cc([C@H]2C(C(=O)/C=C/c3ccccc3)=C(O)C(=O)N2CCc2ccc(OC)c(OC)c2)ccc1O. The molecule has 0 fully saturated rings. The quantitative estimate of drug-likeness (QED) is 0.379. The molecule has 8 heteroatoms. The van der Waals surface area contributed by atoms with Gasteiger partial charge in [-0.15, -0.1) is 0 Å². The lowest BCUT2D eigenvalue weighted by molar-refractivity contribution is -0.129. The highest BCUT2D eigenvalue weighted by atomic mass is 16.5. The number of methoxy groups -OCH3 is 3. The number of rotatable bonds is 10. The number of nitrogens with zero attached hydrogens (tertiary/aromatic N) is 1. The van der Waals surface area contributed by atoms with E-state index in [1.54, 1.807) is 38.5 Å². The Morgan fingerprint density at radius 3 is 2.29 bits per heavy atom. The molecule has 4 rings (SSSR count). The van der Waals surface area contributed by atoms with Crippen LogP contribution in [-0.4, -0.2) is 54.7 Å². The van der Waals surface area contributed by atoms with Gasteiger partial charge in [-0.1, -0.05) is 48.5 Å². The molecule has 1 aliphatic heterocycles. The fraction of sp³-hybridized carbons (Fsp3) is 0.200. The molecule has 1 atom stereocenters. The zero-order valence-corrected chi connectivity index (χ0v) is 21.4. The molecule has 1 aliphatic rings. The lowest BCUT2D eigenvalue weighted by Crippen LogP contribution is -2.33. The van der Waals surface area contributed by atoms with Crippen molar-refractivity contribution in [2.24, 2.45) is 0 Å². The number of allylic oxidation sites excluding steroid dienone is 1. The minimum atomic E-state index is -0.884. The normalized spacial score (nSPS) is 15.3. The number of amides is 1. The second-order valence-electron chi connectivity index (χ2n) is 8.64. The van der Waals surface area contributed by atoms with E-state index in [1.165, 1.54) is 24.2 Å². The third kappa shape index (κ3) is 5.34. The van der Waals surface area contributed by atoms with Crippen molar-refractivity contribution in [2.75, 3.05) is 27.9 Å². The molecule has 1 amide bonds. The van der Waals surface area contributed by atoms with Crippen molar-refractivity contribution in [1.29, 1.82) is 0 Å². The molecule has 0 saturated heterocycles. The van der Waals surface area contributed by atoms with Gasteiger partial charge in [-0.25, -0.2) is 0 Å². The van der Waals surface area contributed by atoms with Crippen LogP contribution in [0.25, 0.3) is 6.08 Å². The van der Waals surface area contributed by atoms with Crippen molar-refractivity contribution in [3.8, 4) is 23.0 Å². The zero-order valence-electron chi connectivity index (χ0n) is 21.4. The zero-order chi connectivity index (χ0) is 27.2. The van der Waals surface area contributed by atoms with Gasteiger partial charge in [0.05, 0.1) is 32.9 Å².